The zero-order valence-electron chi connectivity index (χ0n) is 9.46. The van der Waals surface area contributed by atoms with Gasteiger partial charge in [0, 0.05) is 0 Å². The number of rotatable bonds is 2. The van der Waals surface area contributed by atoms with Gasteiger partial charge in [0.15, 0.2) is 0 Å². The van der Waals surface area contributed by atoms with Crippen molar-refractivity contribution < 1.29 is 5.11 Å². The maximum Gasteiger partial charge on any atom is 0.0791 e. The summed E-state index contributed by atoms with van der Waals surface area (Å²) in [5, 5.41) is 8.15. The SMILES string of the molecule is C=C/C(C)=C\C=C\O.CC(C)(C)C. The van der Waals surface area contributed by atoms with Gasteiger partial charge in [-0.3, -0.25) is 0 Å². The molecule has 0 aliphatic heterocycles. The van der Waals surface area contributed by atoms with Crippen LogP contribution in [0.4, 0.5) is 0 Å². The van der Waals surface area contributed by atoms with E-state index in [1.54, 1.807) is 18.2 Å². The molecule has 0 aromatic carbocycles. The Balaban J connectivity index is 0. The molecule has 0 aliphatic carbocycles. The summed E-state index contributed by atoms with van der Waals surface area (Å²) in [6.45, 7) is 14.2. The van der Waals surface area contributed by atoms with Crippen LogP contribution in [0.1, 0.15) is 34.6 Å². The second-order valence-corrected chi connectivity index (χ2v) is 4.46. The highest BCUT2D eigenvalue weighted by atomic mass is 16.2. The Morgan fingerprint density at radius 2 is 1.62 bits per heavy atom. The Labute approximate surface area is 82.5 Å². The normalized spacial score (nSPS) is 12.2. The van der Waals surface area contributed by atoms with Gasteiger partial charge in [-0.15, -0.1) is 0 Å². The molecule has 0 heterocycles. The fraction of sp³-hybridized carbons (Fsp3) is 0.500. The van der Waals surface area contributed by atoms with E-state index in [-0.39, 0.29) is 0 Å². The van der Waals surface area contributed by atoms with Crippen molar-refractivity contribution in [3.8, 4) is 0 Å². The molecule has 0 aromatic heterocycles. The van der Waals surface area contributed by atoms with E-state index in [1.807, 2.05) is 6.92 Å². The zero-order valence-corrected chi connectivity index (χ0v) is 9.46. The summed E-state index contributed by atoms with van der Waals surface area (Å²) < 4.78 is 0. The molecule has 0 unspecified atom stereocenters. The van der Waals surface area contributed by atoms with Crippen molar-refractivity contribution in [2.24, 2.45) is 5.41 Å². The number of allylic oxidation sites excluding steroid dienone is 4. The summed E-state index contributed by atoms with van der Waals surface area (Å²) in [5.41, 5.74) is 1.54. The molecule has 1 nitrogen and oxygen atoms in total. The van der Waals surface area contributed by atoms with E-state index in [0.717, 1.165) is 11.8 Å². The highest BCUT2D eigenvalue weighted by molar-refractivity contribution is 5.18. The monoisotopic (exact) mass is 182 g/mol. The summed E-state index contributed by atoms with van der Waals surface area (Å²) in [6, 6.07) is 0. The van der Waals surface area contributed by atoms with E-state index in [0.29, 0.717) is 5.41 Å². The molecule has 0 atom stereocenters. The van der Waals surface area contributed by atoms with Gasteiger partial charge in [-0.25, -0.2) is 0 Å². The molecule has 0 saturated heterocycles. The topological polar surface area (TPSA) is 20.2 Å². The van der Waals surface area contributed by atoms with Crippen LogP contribution in [0.25, 0.3) is 0 Å². The summed E-state index contributed by atoms with van der Waals surface area (Å²) in [6.07, 6.45) is 6.04. The van der Waals surface area contributed by atoms with E-state index in [1.165, 1.54) is 0 Å². The minimum absolute atomic E-state index is 0.500. The van der Waals surface area contributed by atoms with Crippen LogP contribution in [-0.4, -0.2) is 5.11 Å². The first-order valence-corrected chi connectivity index (χ1v) is 4.41. The highest BCUT2D eigenvalue weighted by Gasteiger charge is 1.95. The quantitative estimate of drug-likeness (QED) is 0.500. The predicted molar refractivity (Wildman–Crippen MR) is 60.9 cm³/mol. The van der Waals surface area contributed by atoms with Gasteiger partial charge in [0.1, 0.15) is 0 Å². The van der Waals surface area contributed by atoms with E-state index >= 15 is 0 Å². The molecular weight excluding hydrogens is 160 g/mol. The second-order valence-electron chi connectivity index (χ2n) is 4.46. The number of aliphatic hydroxyl groups excluding tert-OH is 1. The molecule has 0 rings (SSSR count). The van der Waals surface area contributed by atoms with Crippen molar-refractivity contribution in [3.05, 3.63) is 36.6 Å². The van der Waals surface area contributed by atoms with Crippen LogP contribution in [0, 0.1) is 5.41 Å². The van der Waals surface area contributed by atoms with Gasteiger partial charge in [0.25, 0.3) is 0 Å². The van der Waals surface area contributed by atoms with Crippen LogP contribution in [0.15, 0.2) is 36.6 Å². The van der Waals surface area contributed by atoms with Gasteiger partial charge >= 0.3 is 0 Å². The molecule has 13 heavy (non-hydrogen) atoms. The third-order valence-corrected chi connectivity index (χ3v) is 0.767. The van der Waals surface area contributed by atoms with E-state index in [2.05, 4.69) is 34.3 Å². The van der Waals surface area contributed by atoms with Crippen molar-refractivity contribution in [1.82, 2.24) is 0 Å². The molecule has 0 radical (unpaired) electrons. The Bertz CT molecular complexity index is 174. The van der Waals surface area contributed by atoms with Gasteiger partial charge in [-0.1, -0.05) is 52.0 Å². The van der Waals surface area contributed by atoms with Gasteiger partial charge in [-0.2, -0.15) is 0 Å². The average molecular weight is 182 g/mol. The molecule has 1 N–H and O–H groups in total. The van der Waals surface area contributed by atoms with E-state index in [4.69, 9.17) is 5.11 Å². The predicted octanol–water partition coefficient (Wildman–Crippen LogP) is 4.24. The third kappa shape index (κ3) is 35.6. The fourth-order valence-electron chi connectivity index (χ4n) is 0.263. The molecule has 76 valence electrons. The highest BCUT2D eigenvalue weighted by Crippen LogP contribution is 2.08. The maximum atomic E-state index is 8.15. The lowest BCUT2D eigenvalue weighted by atomic mass is 10.0. The molecule has 0 aromatic rings. The van der Waals surface area contributed by atoms with Gasteiger partial charge in [0.05, 0.1) is 6.26 Å². The number of hydrogen-bond acceptors (Lipinski definition) is 1. The van der Waals surface area contributed by atoms with Crippen LogP contribution in [0.5, 0.6) is 0 Å². The van der Waals surface area contributed by atoms with Crippen LogP contribution in [0.3, 0.4) is 0 Å². The minimum Gasteiger partial charge on any atom is -0.516 e. The molecule has 1 heteroatoms. The van der Waals surface area contributed by atoms with Crippen LogP contribution >= 0.6 is 0 Å². The molecule has 0 bridgehead atoms. The van der Waals surface area contributed by atoms with Gasteiger partial charge in [0.2, 0.25) is 0 Å². The van der Waals surface area contributed by atoms with E-state index in [9.17, 15) is 0 Å². The van der Waals surface area contributed by atoms with Crippen molar-refractivity contribution in [3.63, 3.8) is 0 Å². The second kappa shape index (κ2) is 7.66. The van der Waals surface area contributed by atoms with Crippen LogP contribution in [0.2, 0.25) is 0 Å². The van der Waals surface area contributed by atoms with Crippen molar-refractivity contribution >= 4 is 0 Å². The average Bonchev–Trinajstić information content (AvgIpc) is 1.97. The van der Waals surface area contributed by atoms with Gasteiger partial charge < -0.3 is 5.11 Å². The standard InChI is InChI=1S/C7H10O.C5H12/c1-3-7(2)5-4-6-8;1-5(2,3)4/h3-6,8H,1H2,2H3;1-4H3/b6-4+,7-5-;. The van der Waals surface area contributed by atoms with E-state index < -0.39 is 0 Å². The lowest BCUT2D eigenvalue weighted by molar-refractivity contribution is 0.469. The number of hydrogen-bond donors (Lipinski definition) is 1. The molecule has 0 spiro atoms. The third-order valence-electron chi connectivity index (χ3n) is 0.767. The zero-order chi connectivity index (χ0) is 10.9. The van der Waals surface area contributed by atoms with Crippen LogP contribution < -0.4 is 0 Å². The molecular formula is C12H22O. The van der Waals surface area contributed by atoms with Gasteiger partial charge in [-0.05, 0) is 18.4 Å². The molecule has 0 saturated carbocycles. The van der Waals surface area contributed by atoms with Crippen molar-refractivity contribution in [2.75, 3.05) is 0 Å². The first-order chi connectivity index (χ1) is 5.81. The summed E-state index contributed by atoms with van der Waals surface area (Å²) >= 11 is 0. The Hall–Kier alpha value is -0.980. The smallest absolute Gasteiger partial charge is 0.0791 e. The number of aliphatic hydroxyl groups is 1. The molecule has 0 aliphatic rings. The molecule has 0 amide bonds. The fourth-order valence-corrected chi connectivity index (χ4v) is 0.263. The minimum atomic E-state index is 0.500. The Morgan fingerprint density at radius 3 is 1.85 bits per heavy atom. The maximum absolute atomic E-state index is 8.15. The lowest BCUT2D eigenvalue weighted by Gasteiger charge is -2.05. The van der Waals surface area contributed by atoms with Crippen molar-refractivity contribution in [1.29, 1.82) is 0 Å². The molecule has 0 fully saturated rings. The Kier molecular flexibility index (Phi) is 8.56. The Morgan fingerprint density at radius 1 is 1.23 bits per heavy atom. The summed E-state index contributed by atoms with van der Waals surface area (Å²) in [4.78, 5) is 0. The first kappa shape index (κ1) is 14.5. The first-order valence-electron chi connectivity index (χ1n) is 4.41. The summed E-state index contributed by atoms with van der Waals surface area (Å²) in [5.74, 6) is 0. The van der Waals surface area contributed by atoms with Crippen LogP contribution in [-0.2, 0) is 0 Å². The van der Waals surface area contributed by atoms with Crippen molar-refractivity contribution in [2.45, 2.75) is 34.6 Å². The lowest BCUT2D eigenvalue weighted by Crippen LogP contribution is -1.93. The largest absolute Gasteiger partial charge is 0.516 e. The summed E-state index contributed by atoms with van der Waals surface area (Å²) in [7, 11) is 0.